The minimum atomic E-state index is -2.27. The Kier molecular flexibility index (Phi) is 3.67. The summed E-state index contributed by atoms with van der Waals surface area (Å²) in [6.07, 6.45) is -0.471. The molecule has 0 saturated heterocycles. The van der Waals surface area contributed by atoms with Crippen LogP contribution in [0.15, 0.2) is 0 Å². The molecular weight excluding hydrogens is 187 g/mol. The third-order valence-electron chi connectivity index (χ3n) is 2.24. The van der Waals surface area contributed by atoms with Gasteiger partial charge in [0.25, 0.3) is 0 Å². The fourth-order valence-corrected chi connectivity index (χ4v) is 5.12. The van der Waals surface area contributed by atoms with E-state index in [2.05, 4.69) is 0 Å². The summed E-state index contributed by atoms with van der Waals surface area (Å²) in [6.45, 7) is 9.15. The van der Waals surface area contributed by atoms with Crippen LogP contribution in [0.3, 0.4) is 0 Å². The highest BCUT2D eigenvalue weighted by Crippen LogP contribution is 2.39. The lowest BCUT2D eigenvalue weighted by molar-refractivity contribution is -0.139. The smallest absolute Gasteiger partial charge is 0.304 e. The molecule has 1 unspecified atom stereocenters. The zero-order chi connectivity index (χ0) is 10.9. The average Bonchev–Trinajstić information content (AvgIpc) is 1.82. The Labute approximate surface area is 80.2 Å². The molecule has 0 aromatic heterocycles. The molecule has 0 aromatic rings. The Bertz CT molecular complexity index is 196. The van der Waals surface area contributed by atoms with Crippen LogP contribution in [-0.4, -0.2) is 25.4 Å². The summed E-state index contributed by atoms with van der Waals surface area (Å²) in [5, 5.41) is 9.04. The van der Waals surface area contributed by atoms with Crippen LogP contribution < -0.4 is 0 Å². The maximum absolute atomic E-state index is 12.7. The molecule has 0 aliphatic heterocycles. The van der Waals surface area contributed by atoms with Crippen molar-refractivity contribution in [3.05, 3.63) is 0 Å². The Morgan fingerprint density at radius 3 is 1.92 bits per heavy atom. The van der Waals surface area contributed by atoms with Crippen LogP contribution >= 0.6 is 0 Å². The first-order valence-corrected chi connectivity index (χ1v) is 7.70. The molecule has 0 aliphatic rings. The molecule has 4 heteroatoms. The summed E-state index contributed by atoms with van der Waals surface area (Å²) in [7, 11) is -2.27. The van der Waals surface area contributed by atoms with Crippen molar-refractivity contribution in [3.63, 3.8) is 0 Å². The van der Waals surface area contributed by atoms with E-state index in [0.29, 0.717) is 0 Å². The maximum Gasteiger partial charge on any atom is 0.304 e. The minimum Gasteiger partial charge on any atom is -0.481 e. The van der Waals surface area contributed by atoms with Crippen molar-refractivity contribution in [1.29, 1.82) is 0 Å². The molecule has 0 saturated carbocycles. The van der Waals surface area contributed by atoms with Gasteiger partial charge in [0.1, 0.15) is 8.07 Å². The first-order chi connectivity index (χ1) is 5.63. The van der Waals surface area contributed by atoms with Crippen LogP contribution in [0.5, 0.6) is 0 Å². The van der Waals surface area contributed by atoms with Crippen molar-refractivity contribution in [1.82, 2.24) is 0 Å². The highest BCUT2D eigenvalue weighted by Gasteiger charge is 2.44. The third-order valence-corrected chi connectivity index (χ3v) is 5.60. The molecule has 0 rings (SSSR count). The molecule has 0 aromatic carbocycles. The van der Waals surface area contributed by atoms with Gasteiger partial charge in [-0.3, -0.25) is 9.18 Å². The fourth-order valence-electron chi connectivity index (χ4n) is 1.95. The van der Waals surface area contributed by atoms with Crippen LogP contribution in [0.2, 0.25) is 18.6 Å². The van der Waals surface area contributed by atoms with Crippen LogP contribution in [0.4, 0.5) is 4.39 Å². The van der Waals surface area contributed by atoms with Crippen LogP contribution in [-0.2, 0) is 4.79 Å². The molecule has 0 radical (unpaired) electrons. The van der Waals surface area contributed by atoms with Gasteiger partial charge in [-0.25, -0.2) is 0 Å². The summed E-state index contributed by atoms with van der Waals surface area (Å²) in [6, 6.07) is 0. The van der Waals surface area contributed by atoms with E-state index in [1.807, 2.05) is 20.8 Å². The second kappa shape index (κ2) is 3.78. The predicted octanol–water partition coefficient (Wildman–Crippen LogP) is 2.70. The highest BCUT2D eigenvalue weighted by molar-refractivity contribution is 6.81. The first kappa shape index (κ1) is 12.6. The largest absolute Gasteiger partial charge is 0.481 e. The summed E-state index contributed by atoms with van der Waals surface area (Å²) >= 11 is 0. The molecule has 0 heterocycles. The number of hydrogen-bond donors (Lipinski definition) is 1. The van der Waals surface area contributed by atoms with E-state index < -0.39 is 25.9 Å². The van der Waals surface area contributed by atoms with Gasteiger partial charge in [0.15, 0.2) is 0 Å². The van der Waals surface area contributed by atoms with Crippen molar-refractivity contribution >= 4 is 14.0 Å². The standard InChI is InChI=1S/C9H19FO2Si/c1-9(2,3)7(8(11)12)13(4,5)6-10/h7H,6H2,1-5H3,(H,11,12). The molecule has 2 nitrogen and oxygen atoms in total. The van der Waals surface area contributed by atoms with Crippen LogP contribution in [0.25, 0.3) is 0 Å². The van der Waals surface area contributed by atoms with Gasteiger partial charge in [0.2, 0.25) is 0 Å². The van der Waals surface area contributed by atoms with Crippen molar-refractivity contribution < 1.29 is 14.3 Å². The van der Waals surface area contributed by atoms with Crippen molar-refractivity contribution in [2.75, 3.05) is 6.30 Å². The van der Waals surface area contributed by atoms with Crippen molar-refractivity contribution in [2.45, 2.75) is 39.4 Å². The molecule has 13 heavy (non-hydrogen) atoms. The number of halogens is 1. The van der Waals surface area contributed by atoms with Crippen molar-refractivity contribution in [2.24, 2.45) is 5.41 Å². The molecule has 1 N–H and O–H groups in total. The van der Waals surface area contributed by atoms with Gasteiger partial charge in [-0.05, 0) is 5.41 Å². The Morgan fingerprint density at radius 1 is 1.46 bits per heavy atom. The molecule has 0 spiro atoms. The number of carbonyl (C=O) groups is 1. The normalized spacial score (nSPS) is 15.5. The quantitative estimate of drug-likeness (QED) is 0.721. The molecular formula is C9H19FO2Si. The molecule has 0 bridgehead atoms. The monoisotopic (exact) mass is 206 g/mol. The molecule has 0 aliphatic carbocycles. The average molecular weight is 206 g/mol. The van der Waals surface area contributed by atoms with Gasteiger partial charge >= 0.3 is 5.97 Å². The molecule has 78 valence electrons. The SMILES string of the molecule is CC(C)(C)C(C(=O)O)[Si](C)(C)CF. The first-order valence-electron chi connectivity index (χ1n) is 4.41. The minimum absolute atomic E-state index is 0.354. The van der Waals surface area contributed by atoms with E-state index in [1.54, 1.807) is 13.1 Å². The number of hydrogen-bond acceptors (Lipinski definition) is 1. The Balaban J connectivity index is 4.94. The van der Waals surface area contributed by atoms with Gasteiger partial charge < -0.3 is 5.11 Å². The Morgan fingerprint density at radius 2 is 1.85 bits per heavy atom. The number of alkyl halides is 1. The van der Waals surface area contributed by atoms with Gasteiger partial charge in [-0.1, -0.05) is 33.9 Å². The van der Waals surface area contributed by atoms with Gasteiger partial charge in [-0.2, -0.15) is 0 Å². The number of carboxylic acids is 1. The number of rotatable bonds is 3. The second-order valence-electron chi connectivity index (χ2n) is 5.26. The molecule has 0 fully saturated rings. The maximum atomic E-state index is 12.7. The van der Waals surface area contributed by atoms with E-state index >= 15 is 0 Å². The number of carboxylic acid groups (broad SMARTS) is 1. The zero-order valence-corrected chi connectivity index (χ0v) is 10.0. The predicted molar refractivity (Wildman–Crippen MR) is 54.3 cm³/mol. The van der Waals surface area contributed by atoms with Crippen LogP contribution in [0.1, 0.15) is 20.8 Å². The summed E-state index contributed by atoms with van der Waals surface area (Å²) in [5.74, 6) is -0.859. The van der Waals surface area contributed by atoms with Gasteiger partial charge in [0.05, 0.1) is 11.8 Å². The van der Waals surface area contributed by atoms with Gasteiger partial charge in [0, 0.05) is 0 Å². The second-order valence-corrected chi connectivity index (χ2v) is 10.1. The fraction of sp³-hybridized carbons (Fsp3) is 0.889. The lowest BCUT2D eigenvalue weighted by Crippen LogP contribution is -2.46. The Hall–Kier alpha value is -0.383. The number of aliphatic carboxylic acids is 1. The lowest BCUT2D eigenvalue weighted by Gasteiger charge is -2.36. The third kappa shape index (κ3) is 3.10. The van der Waals surface area contributed by atoms with E-state index in [9.17, 15) is 9.18 Å². The summed E-state index contributed by atoms with van der Waals surface area (Å²) < 4.78 is 12.7. The van der Waals surface area contributed by atoms with E-state index in [-0.39, 0.29) is 5.41 Å². The topological polar surface area (TPSA) is 37.3 Å². The molecule has 1 atom stereocenters. The lowest BCUT2D eigenvalue weighted by atomic mass is 9.91. The van der Waals surface area contributed by atoms with E-state index in [1.165, 1.54) is 0 Å². The summed E-state index contributed by atoms with van der Waals surface area (Å²) in [5.41, 5.74) is -0.877. The van der Waals surface area contributed by atoms with Crippen LogP contribution in [0, 0.1) is 5.41 Å². The summed E-state index contributed by atoms with van der Waals surface area (Å²) in [4.78, 5) is 11.0. The van der Waals surface area contributed by atoms with E-state index in [0.717, 1.165) is 0 Å². The van der Waals surface area contributed by atoms with E-state index in [4.69, 9.17) is 5.11 Å². The van der Waals surface area contributed by atoms with Gasteiger partial charge in [-0.15, -0.1) is 0 Å². The molecule has 0 amide bonds. The zero-order valence-electron chi connectivity index (χ0n) is 9.02. The highest BCUT2D eigenvalue weighted by atomic mass is 28.3. The van der Waals surface area contributed by atoms with Crippen molar-refractivity contribution in [3.8, 4) is 0 Å².